The molecule has 4 nitrogen and oxygen atoms in total. The van der Waals surface area contributed by atoms with Crippen LogP contribution in [0.1, 0.15) is 19.8 Å². The summed E-state index contributed by atoms with van der Waals surface area (Å²) in [5.74, 6) is 0. The van der Waals surface area contributed by atoms with Gasteiger partial charge in [-0.2, -0.15) is 0 Å². The fourth-order valence-corrected chi connectivity index (χ4v) is 2.25. The van der Waals surface area contributed by atoms with Gasteiger partial charge < -0.3 is 19.3 Å². The molecule has 2 aliphatic heterocycles. The standard InChI is InChI=1S/C10H18O4/c1-6-8(12-2)10-9(14-10)7(13-6)4-3-5-11/h6-11H,3-5H2,1-2H3/t6?,7-,8?,9?,10?/m1/s1. The maximum absolute atomic E-state index is 8.74. The molecule has 2 heterocycles. The van der Waals surface area contributed by atoms with Gasteiger partial charge in [0, 0.05) is 13.7 Å². The van der Waals surface area contributed by atoms with Crippen LogP contribution in [0.2, 0.25) is 0 Å². The molecule has 2 fully saturated rings. The lowest BCUT2D eigenvalue weighted by Crippen LogP contribution is -2.44. The maximum atomic E-state index is 8.74. The highest BCUT2D eigenvalue weighted by Gasteiger charge is 2.56. The number of rotatable bonds is 4. The Bertz CT molecular complexity index is 195. The van der Waals surface area contributed by atoms with Crippen molar-refractivity contribution in [3.8, 4) is 0 Å². The molecule has 2 saturated heterocycles. The summed E-state index contributed by atoms with van der Waals surface area (Å²) in [6, 6.07) is 0. The third-order valence-electron chi connectivity index (χ3n) is 3.02. The molecule has 5 atom stereocenters. The molecule has 0 radical (unpaired) electrons. The SMILES string of the molecule is COC1C(C)O[C@H](CCCO)C2OC12. The lowest BCUT2D eigenvalue weighted by atomic mass is 9.99. The molecule has 2 aliphatic rings. The highest BCUT2D eigenvalue weighted by molar-refractivity contribution is 5.02. The summed E-state index contributed by atoms with van der Waals surface area (Å²) in [4.78, 5) is 0. The zero-order valence-corrected chi connectivity index (χ0v) is 8.68. The Hall–Kier alpha value is -0.160. The van der Waals surface area contributed by atoms with Crippen molar-refractivity contribution in [2.75, 3.05) is 13.7 Å². The quantitative estimate of drug-likeness (QED) is 0.667. The third kappa shape index (κ3) is 1.80. The molecular formula is C10H18O4. The van der Waals surface area contributed by atoms with Gasteiger partial charge in [-0.15, -0.1) is 0 Å². The van der Waals surface area contributed by atoms with Gasteiger partial charge in [0.15, 0.2) is 0 Å². The predicted molar refractivity (Wildman–Crippen MR) is 50.1 cm³/mol. The van der Waals surface area contributed by atoms with Crippen molar-refractivity contribution in [3.63, 3.8) is 0 Å². The number of hydrogen-bond acceptors (Lipinski definition) is 4. The average molecular weight is 202 g/mol. The van der Waals surface area contributed by atoms with Crippen molar-refractivity contribution in [1.29, 1.82) is 0 Å². The zero-order chi connectivity index (χ0) is 10.1. The van der Waals surface area contributed by atoms with Gasteiger partial charge >= 0.3 is 0 Å². The normalized spacial score (nSPS) is 46.1. The van der Waals surface area contributed by atoms with Crippen LogP contribution in [0.5, 0.6) is 0 Å². The zero-order valence-electron chi connectivity index (χ0n) is 8.68. The first-order valence-electron chi connectivity index (χ1n) is 5.22. The van der Waals surface area contributed by atoms with Crippen LogP contribution in [-0.4, -0.2) is 49.3 Å². The van der Waals surface area contributed by atoms with Crippen LogP contribution in [0.4, 0.5) is 0 Å². The number of fused-ring (bicyclic) bond motifs is 1. The molecule has 0 spiro atoms. The number of hydrogen-bond donors (Lipinski definition) is 1. The third-order valence-corrected chi connectivity index (χ3v) is 3.02. The monoisotopic (exact) mass is 202 g/mol. The summed E-state index contributed by atoms with van der Waals surface area (Å²) in [5, 5.41) is 8.74. The van der Waals surface area contributed by atoms with E-state index in [0.717, 1.165) is 12.8 Å². The van der Waals surface area contributed by atoms with E-state index in [4.69, 9.17) is 19.3 Å². The molecule has 82 valence electrons. The van der Waals surface area contributed by atoms with E-state index in [9.17, 15) is 0 Å². The smallest absolute Gasteiger partial charge is 0.115 e. The van der Waals surface area contributed by atoms with Crippen molar-refractivity contribution in [2.24, 2.45) is 0 Å². The molecule has 2 rings (SSSR count). The fourth-order valence-electron chi connectivity index (χ4n) is 2.25. The first kappa shape index (κ1) is 10.4. The van der Waals surface area contributed by atoms with Crippen LogP contribution in [-0.2, 0) is 14.2 Å². The van der Waals surface area contributed by atoms with Gasteiger partial charge in [0.05, 0.1) is 12.2 Å². The van der Waals surface area contributed by atoms with Crippen molar-refractivity contribution in [3.05, 3.63) is 0 Å². The predicted octanol–water partition coefficient (Wildman–Crippen LogP) is 0.329. The lowest BCUT2D eigenvalue weighted by Gasteiger charge is -2.30. The van der Waals surface area contributed by atoms with E-state index in [1.165, 1.54) is 0 Å². The van der Waals surface area contributed by atoms with E-state index in [1.54, 1.807) is 7.11 Å². The van der Waals surface area contributed by atoms with E-state index in [0.29, 0.717) is 0 Å². The average Bonchev–Trinajstić information content (AvgIpc) is 2.94. The number of ether oxygens (including phenoxy) is 3. The Labute approximate surface area is 84.1 Å². The van der Waals surface area contributed by atoms with Gasteiger partial charge in [0.2, 0.25) is 0 Å². The first-order chi connectivity index (χ1) is 6.77. The number of aliphatic hydroxyl groups excluding tert-OH is 1. The van der Waals surface area contributed by atoms with Gasteiger partial charge in [0.25, 0.3) is 0 Å². The number of epoxide rings is 1. The van der Waals surface area contributed by atoms with Crippen molar-refractivity contribution >= 4 is 0 Å². The molecule has 4 unspecified atom stereocenters. The highest BCUT2D eigenvalue weighted by atomic mass is 16.7. The molecule has 1 N–H and O–H groups in total. The number of methoxy groups -OCH3 is 1. The summed E-state index contributed by atoms with van der Waals surface area (Å²) in [5.41, 5.74) is 0. The molecule has 0 aliphatic carbocycles. The maximum Gasteiger partial charge on any atom is 0.115 e. The summed E-state index contributed by atoms with van der Waals surface area (Å²) in [6.45, 7) is 2.23. The molecule has 0 aromatic carbocycles. The number of aliphatic hydroxyl groups is 1. The second kappa shape index (κ2) is 4.14. The Morgan fingerprint density at radius 1 is 1.29 bits per heavy atom. The Balaban J connectivity index is 1.87. The molecule has 4 heteroatoms. The minimum atomic E-state index is 0.0744. The minimum absolute atomic E-state index is 0.0744. The minimum Gasteiger partial charge on any atom is -0.396 e. The summed E-state index contributed by atoms with van der Waals surface area (Å²) < 4.78 is 16.6. The second-order valence-electron chi connectivity index (χ2n) is 4.01. The van der Waals surface area contributed by atoms with Gasteiger partial charge in [-0.1, -0.05) is 0 Å². The van der Waals surface area contributed by atoms with Gasteiger partial charge in [-0.3, -0.25) is 0 Å². The van der Waals surface area contributed by atoms with Gasteiger partial charge in [-0.25, -0.2) is 0 Å². The summed E-state index contributed by atoms with van der Waals surface area (Å²) >= 11 is 0. The first-order valence-corrected chi connectivity index (χ1v) is 5.22. The van der Waals surface area contributed by atoms with Crippen molar-refractivity contribution < 1.29 is 19.3 Å². The molecule has 0 saturated carbocycles. The van der Waals surface area contributed by atoms with Crippen LogP contribution in [0, 0.1) is 0 Å². The van der Waals surface area contributed by atoms with E-state index in [1.807, 2.05) is 6.92 Å². The molecule has 0 bridgehead atoms. The fraction of sp³-hybridized carbons (Fsp3) is 1.00. The Kier molecular flexibility index (Phi) is 3.07. The Morgan fingerprint density at radius 3 is 2.71 bits per heavy atom. The van der Waals surface area contributed by atoms with Crippen molar-refractivity contribution in [1.82, 2.24) is 0 Å². The molecule has 0 aromatic rings. The molecule has 14 heavy (non-hydrogen) atoms. The van der Waals surface area contributed by atoms with E-state index < -0.39 is 0 Å². The molecule has 0 amide bonds. The van der Waals surface area contributed by atoms with Crippen LogP contribution in [0.25, 0.3) is 0 Å². The van der Waals surface area contributed by atoms with E-state index in [-0.39, 0.29) is 37.1 Å². The van der Waals surface area contributed by atoms with Crippen LogP contribution in [0.3, 0.4) is 0 Å². The Morgan fingerprint density at radius 2 is 2.07 bits per heavy atom. The van der Waals surface area contributed by atoms with Crippen molar-refractivity contribution in [2.45, 2.75) is 50.3 Å². The highest BCUT2D eigenvalue weighted by Crippen LogP contribution is 2.40. The summed E-state index contributed by atoms with van der Waals surface area (Å²) in [7, 11) is 1.69. The summed E-state index contributed by atoms with van der Waals surface area (Å²) in [6.07, 6.45) is 2.38. The lowest BCUT2D eigenvalue weighted by molar-refractivity contribution is -0.106. The van der Waals surface area contributed by atoms with Crippen LogP contribution < -0.4 is 0 Å². The largest absolute Gasteiger partial charge is 0.396 e. The van der Waals surface area contributed by atoms with Crippen LogP contribution >= 0.6 is 0 Å². The second-order valence-corrected chi connectivity index (χ2v) is 4.01. The topological polar surface area (TPSA) is 51.2 Å². The molecule has 0 aromatic heterocycles. The van der Waals surface area contributed by atoms with E-state index >= 15 is 0 Å². The van der Waals surface area contributed by atoms with Crippen LogP contribution in [0.15, 0.2) is 0 Å². The molecular weight excluding hydrogens is 184 g/mol. The van der Waals surface area contributed by atoms with Gasteiger partial charge in [0.1, 0.15) is 18.3 Å². The van der Waals surface area contributed by atoms with Gasteiger partial charge in [-0.05, 0) is 19.8 Å². The van der Waals surface area contributed by atoms with E-state index in [2.05, 4.69) is 0 Å².